The Labute approximate surface area is 98.4 Å². The molecule has 0 spiro atoms. The van der Waals surface area contributed by atoms with Crippen molar-refractivity contribution in [1.82, 2.24) is 9.62 Å². The summed E-state index contributed by atoms with van der Waals surface area (Å²) in [5.41, 5.74) is 5.80. The maximum Gasteiger partial charge on any atom is 0.211 e. The summed E-state index contributed by atoms with van der Waals surface area (Å²) in [4.78, 5) is 2.26. The van der Waals surface area contributed by atoms with Crippen molar-refractivity contribution in [3.63, 3.8) is 0 Å². The van der Waals surface area contributed by atoms with Crippen molar-refractivity contribution in [1.29, 1.82) is 0 Å². The zero-order valence-electron chi connectivity index (χ0n) is 9.98. The molecule has 0 unspecified atom stereocenters. The molecular formula is C10H23N3O2S. The minimum atomic E-state index is -3.04. The highest BCUT2D eigenvalue weighted by atomic mass is 32.2. The lowest BCUT2D eigenvalue weighted by Crippen LogP contribution is -2.43. The molecule has 3 N–H and O–H groups in total. The van der Waals surface area contributed by atoms with Crippen LogP contribution in [-0.2, 0) is 10.0 Å². The standard InChI is InChI=1S/C10H23N3O2S/c1-2-9-16(14,15)12-5-8-13-6-3-10(11)4-7-13/h10,12H,2-9,11H2,1H3. The number of piperidine rings is 1. The Morgan fingerprint density at radius 3 is 2.56 bits per heavy atom. The minimum absolute atomic E-state index is 0.220. The van der Waals surface area contributed by atoms with E-state index in [9.17, 15) is 8.42 Å². The van der Waals surface area contributed by atoms with Crippen molar-refractivity contribution < 1.29 is 8.42 Å². The van der Waals surface area contributed by atoms with Gasteiger partial charge in [0.2, 0.25) is 10.0 Å². The lowest BCUT2D eigenvalue weighted by atomic mass is 10.1. The van der Waals surface area contributed by atoms with Crippen LogP contribution in [-0.4, -0.2) is 51.3 Å². The minimum Gasteiger partial charge on any atom is -0.328 e. The van der Waals surface area contributed by atoms with Crippen LogP contribution in [0.1, 0.15) is 26.2 Å². The van der Waals surface area contributed by atoms with E-state index >= 15 is 0 Å². The molecule has 0 saturated carbocycles. The number of rotatable bonds is 6. The van der Waals surface area contributed by atoms with Crippen molar-refractivity contribution in [2.45, 2.75) is 32.2 Å². The van der Waals surface area contributed by atoms with Crippen LogP contribution in [0.15, 0.2) is 0 Å². The number of sulfonamides is 1. The first-order valence-electron chi connectivity index (χ1n) is 5.99. The van der Waals surface area contributed by atoms with Gasteiger partial charge in [-0.05, 0) is 32.4 Å². The number of hydrogen-bond donors (Lipinski definition) is 2. The van der Waals surface area contributed by atoms with Crippen molar-refractivity contribution >= 4 is 10.0 Å². The Morgan fingerprint density at radius 2 is 2.00 bits per heavy atom. The van der Waals surface area contributed by atoms with Gasteiger partial charge in [0.15, 0.2) is 0 Å². The van der Waals surface area contributed by atoms with Crippen LogP contribution in [0, 0.1) is 0 Å². The van der Waals surface area contributed by atoms with Gasteiger partial charge in [-0.25, -0.2) is 13.1 Å². The molecule has 1 fully saturated rings. The zero-order valence-corrected chi connectivity index (χ0v) is 10.8. The zero-order chi connectivity index (χ0) is 12.0. The lowest BCUT2D eigenvalue weighted by molar-refractivity contribution is 0.217. The van der Waals surface area contributed by atoms with Gasteiger partial charge < -0.3 is 10.6 Å². The second-order valence-corrected chi connectivity index (χ2v) is 6.32. The molecule has 0 aliphatic carbocycles. The van der Waals surface area contributed by atoms with E-state index in [1.165, 1.54) is 0 Å². The van der Waals surface area contributed by atoms with Crippen LogP contribution in [0.5, 0.6) is 0 Å². The predicted molar refractivity (Wildman–Crippen MR) is 65.7 cm³/mol. The number of nitrogens with two attached hydrogens (primary N) is 1. The van der Waals surface area contributed by atoms with Crippen LogP contribution < -0.4 is 10.5 Å². The Hall–Kier alpha value is -0.170. The maximum atomic E-state index is 11.4. The van der Waals surface area contributed by atoms with Crippen LogP contribution in [0.3, 0.4) is 0 Å². The Bertz CT molecular complexity index is 284. The van der Waals surface area contributed by atoms with Crippen LogP contribution in [0.25, 0.3) is 0 Å². The predicted octanol–water partition coefficient (Wildman–Crippen LogP) is -0.261. The molecule has 96 valence electrons. The summed E-state index contributed by atoms with van der Waals surface area (Å²) >= 11 is 0. The molecule has 5 nitrogen and oxygen atoms in total. The average Bonchev–Trinajstić information content (AvgIpc) is 2.20. The van der Waals surface area contributed by atoms with Crippen molar-refractivity contribution in [3.8, 4) is 0 Å². The van der Waals surface area contributed by atoms with E-state index in [-0.39, 0.29) is 5.75 Å². The molecule has 0 aromatic heterocycles. The van der Waals surface area contributed by atoms with Crippen LogP contribution in [0.2, 0.25) is 0 Å². The quantitative estimate of drug-likeness (QED) is 0.680. The SMILES string of the molecule is CCCS(=O)(=O)NCCN1CCC(N)CC1. The highest BCUT2D eigenvalue weighted by Crippen LogP contribution is 2.06. The van der Waals surface area contributed by atoms with E-state index < -0.39 is 10.0 Å². The van der Waals surface area contributed by atoms with Gasteiger partial charge in [0.05, 0.1) is 5.75 Å². The molecule has 0 aromatic rings. The monoisotopic (exact) mass is 249 g/mol. The second kappa shape index (κ2) is 6.54. The van der Waals surface area contributed by atoms with E-state index in [0.717, 1.165) is 32.5 Å². The number of hydrogen-bond acceptors (Lipinski definition) is 4. The summed E-state index contributed by atoms with van der Waals surface area (Å²) in [6.07, 6.45) is 2.69. The molecule has 1 aliphatic heterocycles. The van der Waals surface area contributed by atoms with Crippen molar-refractivity contribution in [3.05, 3.63) is 0 Å². The number of nitrogens with one attached hydrogen (secondary N) is 1. The van der Waals surface area contributed by atoms with Crippen molar-refractivity contribution in [2.24, 2.45) is 5.73 Å². The van der Waals surface area contributed by atoms with Gasteiger partial charge in [-0.1, -0.05) is 6.92 Å². The summed E-state index contributed by atoms with van der Waals surface area (Å²) in [6.45, 7) is 5.13. The van der Waals surface area contributed by atoms with Gasteiger partial charge in [0.25, 0.3) is 0 Å². The molecule has 1 aliphatic rings. The van der Waals surface area contributed by atoms with Crippen molar-refractivity contribution in [2.75, 3.05) is 31.9 Å². The van der Waals surface area contributed by atoms with Crippen LogP contribution in [0.4, 0.5) is 0 Å². The summed E-state index contributed by atoms with van der Waals surface area (Å²) in [7, 11) is -3.04. The van der Waals surface area contributed by atoms with Gasteiger partial charge in [-0.2, -0.15) is 0 Å². The summed E-state index contributed by atoms with van der Waals surface area (Å²) in [5.74, 6) is 0.220. The first kappa shape index (κ1) is 13.9. The second-order valence-electron chi connectivity index (χ2n) is 4.39. The normalized spacial score (nSPS) is 20.1. The molecule has 0 radical (unpaired) electrons. The fraction of sp³-hybridized carbons (Fsp3) is 1.00. The van der Waals surface area contributed by atoms with E-state index in [4.69, 9.17) is 5.73 Å². The van der Waals surface area contributed by atoms with Gasteiger partial charge in [0.1, 0.15) is 0 Å². The third kappa shape index (κ3) is 5.25. The Balaban J connectivity index is 2.16. The maximum absolute atomic E-state index is 11.4. The summed E-state index contributed by atoms with van der Waals surface area (Å²) < 4.78 is 25.4. The molecule has 16 heavy (non-hydrogen) atoms. The lowest BCUT2D eigenvalue weighted by Gasteiger charge is -2.29. The highest BCUT2D eigenvalue weighted by Gasteiger charge is 2.16. The number of likely N-dealkylation sites (tertiary alicyclic amines) is 1. The fourth-order valence-electron chi connectivity index (χ4n) is 1.88. The van der Waals surface area contributed by atoms with Gasteiger partial charge in [-0.15, -0.1) is 0 Å². The Kier molecular flexibility index (Phi) is 5.68. The van der Waals surface area contributed by atoms with Gasteiger partial charge in [0, 0.05) is 19.1 Å². The molecule has 1 rings (SSSR count). The topological polar surface area (TPSA) is 75.4 Å². The van der Waals surface area contributed by atoms with E-state index in [2.05, 4.69) is 9.62 Å². The molecule has 0 atom stereocenters. The summed E-state index contributed by atoms with van der Waals surface area (Å²) in [6, 6.07) is 0.327. The third-order valence-electron chi connectivity index (χ3n) is 2.86. The number of nitrogens with zero attached hydrogens (tertiary/aromatic N) is 1. The molecule has 1 saturated heterocycles. The Morgan fingerprint density at radius 1 is 1.38 bits per heavy atom. The molecule has 0 bridgehead atoms. The fourth-order valence-corrected chi connectivity index (χ4v) is 2.96. The highest BCUT2D eigenvalue weighted by molar-refractivity contribution is 7.89. The average molecular weight is 249 g/mol. The first-order valence-corrected chi connectivity index (χ1v) is 7.64. The van der Waals surface area contributed by atoms with Crippen LogP contribution >= 0.6 is 0 Å². The molecule has 1 heterocycles. The third-order valence-corrected chi connectivity index (χ3v) is 4.44. The molecule has 6 heteroatoms. The summed E-state index contributed by atoms with van der Waals surface area (Å²) in [5, 5.41) is 0. The van der Waals surface area contributed by atoms with Gasteiger partial charge >= 0.3 is 0 Å². The smallest absolute Gasteiger partial charge is 0.211 e. The van der Waals surface area contributed by atoms with E-state index in [1.54, 1.807) is 0 Å². The van der Waals surface area contributed by atoms with Gasteiger partial charge in [-0.3, -0.25) is 0 Å². The first-order chi connectivity index (χ1) is 7.53. The van der Waals surface area contributed by atoms with E-state index in [0.29, 0.717) is 19.0 Å². The molecular weight excluding hydrogens is 226 g/mol. The molecule has 0 amide bonds. The van der Waals surface area contributed by atoms with E-state index in [1.807, 2.05) is 6.92 Å². The molecule has 0 aromatic carbocycles. The largest absolute Gasteiger partial charge is 0.328 e.